The number of aliphatic hydroxyl groups excluding tert-OH is 1. The molecule has 0 aliphatic carbocycles. The SMILES string of the molecule is Cc1cccc(C(O)=Cc2nc3ccc(F)cc3c(=O)n2-c2ccccc2Cl)n1. The molecule has 2 aromatic carbocycles. The van der Waals surface area contributed by atoms with E-state index in [2.05, 4.69) is 9.97 Å². The monoisotopic (exact) mass is 407 g/mol. The second-order valence-corrected chi connectivity index (χ2v) is 6.82. The Morgan fingerprint density at radius 3 is 2.66 bits per heavy atom. The molecule has 4 rings (SSSR count). The fourth-order valence-corrected chi connectivity index (χ4v) is 3.24. The van der Waals surface area contributed by atoms with E-state index in [1.54, 1.807) is 49.4 Å². The Bertz CT molecular complexity index is 1330. The molecule has 7 heteroatoms. The van der Waals surface area contributed by atoms with Gasteiger partial charge in [-0.3, -0.25) is 9.36 Å². The highest BCUT2D eigenvalue weighted by Gasteiger charge is 2.15. The minimum atomic E-state index is -0.544. The van der Waals surface area contributed by atoms with Crippen LogP contribution in [0.4, 0.5) is 4.39 Å². The van der Waals surface area contributed by atoms with Gasteiger partial charge in [-0.1, -0.05) is 29.8 Å². The number of aliphatic hydroxyl groups is 1. The van der Waals surface area contributed by atoms with Crippen LogP contribution in [0.2, 0.25) is 5.02 Å². The van der Waals surface area contributed by atoms with E-state index in [9.17, 15) is 14.3 Å². The maximum absolute atomic E-state index is 13.7. The highest BCUT2D eigenvalue weighted by Crippen LogP contribution is 2.23. The Hall–Kier alpha value is -3.51. The fourth-order valence-electron chi connectivity index (χ4n) is 3.02. The van der Waals surface area contributed by atoms with E-state index in [1.807, 2.05) is 0 Å². The smallest absolute Gasteiger partial charge is 0.266 e. The van der Waals surface area contributed by atoms with Crippen molar-refractivity contribution in [1.82, 2.24) is 14.5 Å². The highest BCUT2D eigenvalue weighted by atomic mass is 35.5. The van der Waals surface area contributed by atoms with Crippen LogP contribution in [0, 0.1) is 12.7 Å². The maximum atomic E-state index is 13.7. The Morgan fingerprint density at radius 2 is 1.90 bits per heavy atom. The van der Waals surface area contributed by atoms with Gasteiger partial charge >= 0.3 is 0 Å². The zero-order chi connectivity index (χ0) is 20.5. The molecule has 0 saturated heterocycles. The van der Waals surface area contributed by atoms with Gasteiger partial charge in [0.25, 0.3) is 5.56 Å². The molecule has 0 radical (unpaired) electrons. The molecule has 0 unspecified atom stereocenters. The van der Waals surface area contributed by atoms with Crippen molar-refractivity contribution in [2.45, 2.75) is 6.92 Å². The van der Waals surface area contributed by atoms with E-state index >= 15 is 0 Å². The van der Waals surface area contributed by atoms with Gasteiger partial charge in [0.2, 0.25) is 0 Å². The summed E-state index contributed by atoms with van der Waals surface area (Å²) < 4.78 is 15.0. The molecular weight excluding hydrogens is 393 g/mol. The van der Waals surface area contributed by atoms with Crippen LogP contribution in [-0.4, -0.2) is 19.6 Å². The lowest BCUT2D eigenvalue weighted by molar-refractivity contribution is 0.511. The van der Waals surface area contributed by atoms with Crippen LogP contribution in [0.25, 0.3) is 28.4 Å². The molecule has 4 aromatic rings. The summed E-state index contributed by atoms with van der Waals surface area (Å²) in [5, 5.41) is 11.0. The number of aryl methyl sites for hydroxylation is 1. The van der Waals surface area contributed by atoms with E-state index in [0.717, 1.165) is 11.8 Å². The molecule has 0 amide bonds. The number of aromatic nitrogens is 3. The molecule has 1 N–H and O–H groups in total. The Kier molecular flexibility index (Phi) is 4.86. The Morgan fingerprint density at radius 1 is 1.10 bits per heavy atom. The molecule has 0 fully saturated rings. The summed E-state index contributed by atoms with van der Waals surface area (Å²) in [6, 6.07) is 15.7. The number of pyridine rings is 1. The molecule has 0 aliphatic rings. The topological polar surface area (TPSA) is 68.0 Å². The summed E-state index contributed by atoms with van der Waals surface area (Å²) in [6.45, 7) is 1.80. The van der Waals surface area contributed by atoms with Crippen molar-refractivity contribution in [2.75, 3.05) is 0 Å². The summed E-state index contributed by atoms with van der Waals surface area (Å²) >= 11 is 6.30. The zero-order valence-electron chi connectivity index (χ0n) is 15.3. The van der Waals surface area contributed by atoms with E-state index in [1.165, 1.54) is 22.8 Å². The summed E-state index contributed by atoms with van der Waals surface area (Å²) in [7, 11) is 0. The first-order valence-electron chi connectivity index (χ1n) is 8.76. The number of hydrogen-bond donors (Lipinski definition) is 1. The number of halogens is 2. The van der Waals surface area contributed by atoms with Gasteiger partial charge < -0.3 is 5.11 Å². The number of rotatable bonds is 3. The standard InChI is InChI=1S/C22H15ClFN3O2/c1-13-5-4-7-18(25-13)20(28)12-21-26-17-10-9-14(24)11-15(17)22(29)27(21)19-8-3-2-6-16(19)23/h2-12,28H,1H3. The Labute approximate surface area is 170 Å². The van der Waals surface area contributed by atoms with Crippen molar-refractivity contribution in [1.29, 1.82) is 0 Å². The summed E-state index contributed by atoms with van der Waals surface area (Å²) in [5.41, 5.74) is 1.24. The van der Waals surface area contributed by atoms with Crippen molar-refractivity contribution in [3.63, 3.8) is 0 Å². The fraction of sp³-hybridized carbons (Fsp3) is 0.0455. The summed E-state index contributed by atoms with van der Waals surface area (Å²) in [6.07, 6.45) is 1.34. The predicted molar refractivity (Wildman–Crippen MR) is 112 cm³/mol. The third-order valence-electron chi connectivity index (χ3n) is 4.37. The number of benzene rings is 2. The minimum Gasteiger partial charge on any atom is -0.506 e. The average molecular weight is 408 g/mol. The van der Waals surface area contributed by atoms with Crippen LogP contribution in [0.3, 0.4) is 0 Å². The van der Waals surface area contributed by atoms with Crippen molar-refractivity contribution < 1.29 is 9.50 Å². The molecule has 2 aromatic heterocycles. The molecule has 29 heavy (non-hydrogen) atoms. The predicted octanol–water partition coefficient (Wildman–Crippen LogP) is 4.94. The van der Waals surface area contributed by atoms with Gasteiger partial charge in [-0.15, -0.1) is 0 Å². The first-order chi connectivity index (χ1) is 13.9. The second kappa shape index (κ2) is 7.48. The summed E-state index contributed by atoms with van der Waals surface area (Å²) in [4.78, 5) is 21.9. The van der Waals surface area contributed by atoms with Crippen LogP contribution in [0.5, 0.6) is 0 Å². The average Bonchev–Trinajstić information content (AvgIpc) is 2.70. The lowest BCUT2D eigenvalue weighted by Crippen LogP contribution is -2.23. The molecule has 5 nitrogen and oxygen atoms in total. The molecule has 144 valence electrons. The van der Waals surface area contributed by atoms with Gasteiger partial charge in [0.05, 0.1) is 21.6 Å². The first kappa shape index (κ1) is 18.8. The largest absolute Gasteiger partial charge is 0.506 e. The normalized spacial score (nSPS) is 11.8. The first-order valence-corrected chi connectivity index (χ1v) is 9.14. The van der Waals surface area contributed by atoms with Crippen LogP contribution in [0.1, 0.15) is 17.2 Å². The van der Waals surface area contributed by atoms with Crippen LogP contribution in [0.15, 0.2) is 65.5 Å². The van der Waals surface area contributed by atoms with E-state index < -0.39 is 11.4 Å². The van der Waals surface area contributed by atoms with Crippen LogP contribution in [-0.2, 0) is 0 Å². The number of para-hydroxylation sites is 1. The van der Waals surface area contributed by atoms with Crippen molar-refractivity contribution in [2.24, 2.45) is 0 Å². The third kappa shape index (κ3) is 3.62. The van der Waals surface area contributed by atoms with Gasteiger partial charge in [0.1, 0.15) is 23.1 Å². The highest BCUT2D eigenvalue weighted by molar-refractivity contribution is 6.32. The molecule has 0 saturated carbocycles. The van der Waals surface area contributed by atoms with Gasteiger partial charge in [0, 0.05) is 11.8 Å². The van der Waals surface area contributed by atoms with Gasteiger partial charge in [-0.25, -0.2) is 14.4 Å². The number of fused-ring (bicyclic) bond motifs is 1. The van der Waals surface area contributed by atoms with Gasteiger partial charge in [0.15, 0.2) is 0 Å². The van der Waals surface area contributed by atoms with E-state index in [-0.39, 0.29) is 17.0 Å². The van der Waals surface area contributed by atoms with E-state index in [4.69, 9.17) is 11.6 Å². The molecule has 0 bridgehead atoms. The van der Waals surface area contributed by atoms with Gasteiger partial charge in [-0.05, 0) is 49.4 Å². The van der Waals surface area contributed by atoms with Gasteiger partial charge in [-0.2, -0.15) is 0 Å². The van der Waals surface area contributed by atoms with Crippen molar-refractivity contribution in [3.8, 4) is 5.69 Å². The second-order valence-electron chi connectivity index (χ2n) is 6.42. The van der Waals surface area contributed by atoms with Crippen molar-refractivity contribution >= 4 is 34.3 Å². The third-order valence-corrected chi connectivity index (χ3v) is 4.69. The molecule has 0 aliphatic heterocycles. The minimum absolute atomic E-state index is 0.107. The lowest BCUT2D eigenvalue weighted by atomic mass is 10.2. The van der Waals surface area contributed by atoms with Crippen LogP contribution >= 0.6 is 11.6 Å². The maximum Gasteiger partial charge on any atom is 0.266 e. The molecular formula is C22H15ClFN3O2. The molecule has 2 heterocycles. The summed E-state index contributed by atoms with van der Waals surface area (Å²) in [5.74, 6) is -0.567. The molecule has 0 atom stereocenters. The van der Waals surface area contributed by atoms with Crippen LogP contribution < -0.4 is 5.56 Å². The lowest BCUT2D eigenvalue weighted by Gasteiger charge is -2.13. The van der Waals surface area contributed by atoms with E-state index in [0.29, 0.717) is 21.9 Å². The number of nitrogens with zero attached hydrogens (tertiary/aromatic N) is 3. The Balaban J connectivity index is 2.03. The number of hydrogen-bond acceptors (Lipinski definition) is 4. The van der Waals surface area contributed by atoms with Crippen molar-refractivity contribution in [3.05, 3.63) is 99.1 Å². The molecule has 0 spiro atoms. The quantitative estimate of drug-likeness (QED) is 0.488. The zero-order valence-corrected chi connectivity index (χ0v) is 16.1.